The van der Waals surface area contributed by atoms with E-state index >= 15 is 0 Å². The van der Waals surface area contributed by atoms with Crippen LogP contribution in [0.3, 0.4) is 0 Å². The van der Waals surface area contributed by atoms with Crippen LogP contribution < -0.4 is 10.2 Å². The molecule has 10 heteroatoms. The molecule has 0 unspecified atom stereocenters. The fourth-order valence-electron chi connectivity index (χ4n) is 1.96. The van der Waals surface area contributed by atoms with Crippen LogP contribution in [0, 0.1) is 10.1 Å². The number of nitrogens with one attached hydrogen (secondary N) is 2. The zero-order valence-electron chi connectivity index (χ0n) is 12.2. The first-order chi connectivity index (χ1) is 11.3. The molecule has 0 saturated heterocycles. The number of sulfonamides is 1. The maximum absolute atomic E-state index is 12.3. The Hall–Kier alpha value is -2.98. The van der Waals surface area contributed by atoms with E-state index in [1.54, 1.807) is 0 Å². The second-order valence-corrected chi connectivity index (χ2v) is 6.39. The quantitative estimate of drug-likeness (QED) is 0.409. The van der Waals surface area contributed by atoms with E-state index in [1.165, 1.54) is 41.9 Å². The molecule has 0 aromatic heterocycles. The fraction of sp³-hybridized carbons (Fsp3) is 0.0714. The van der Waals surface area contributed by atoms with Crippen LogP contribution in [-0.2, 0) is 21.2 Å². The van der Waals surface area contributed by atoms with Gasteiger partial charge in [0.05, 0.1) is 11.3 Å². The monoisotopic (exact) mass is 351 g/mol. The number of nitro benzene ring substituents is 1. The minimum Gasteiger partial charge on any atom is -0.289 e. The zero-order valence-corrected chi connectivity index (χ0v) is 13.0. The lowest BCUT2D eigenvalue weighted by Gasteiger charge is -2.09. The molecular formula is C14H13N3O6S. The van der Waals surface area contributed by atoms with Crippen LogP contribution in [-0.4, -0.2) is 24.5 Å². The Morgan fingerprint density at radius 2 is 1.75 bits per heavy atom. The van der Waals surface area contributed by atoms with Crippen molar-refractivity contribution in [2.24, 2.45) is 0 Å². The van der Waals surface area contributed by atoms with Crippen LogP contribution in [0.1, 0.15) is 5.56 Å². The molecule has 0 atom stereocenters. The minimum absolute atomic E-state index is 0.0757. The number of hydrogen-bond donors (Lipinski definition) is 3. The number of amides is 1. The number of anilines is 1. The van der Waals surface area contributed by atoms with E-state index in [2.05, 4.69) is 4.72 Å². The SMILES string of the molecule is O=C(Cc1ccc(NS(=O)(=O)c2ccccc2[N+](=O)[O-])cc1)NO. The summed E-state index contributed by atoms with van der Waals surface area (Å²) in [6.45, 7) is 0. The summed E-state index contributed by atoms with van der Waals surface area (Å²) in [5.74, 6) is -0.608. The van der Waals surface area contributed by atoms with Crippen LogP contribution in [0.5, 0.6) is 0 Å². The van der Waals surface area contributed by atoms with Crippen molar-refractivity contribution in [2.75, 3.05) is 4.72 Å². The smallest absolute Gasteiger partial charge is 0.289 e. The fourth-order valence-corrected chi connectivity index (χ4v) is 3.19. The first kappa shape index (κ1) is 17.4. The predicted molar refractivity (Wildman–Crippen MR) is 84.0 cm³/mol. The van der Waals surface area contributed by atoms with Gasteiger partial charge in [-0.2, -0.15) is 0 Å². The summed E-state index contributed by atoms with van der Waals surface area (Å²) in [4.78, 5) is 20.8. The van der Waals surface area contributed by atoms with Gasteiger partial charge in [0.1, 0.15) is 0 Å². The standard InChI is InChI=1S/C14H13N3O6S/c18-14(15-19)9-10-5-7-11(8-6-10)16-24(22,23)13-4-2-1-3-12(13)17(20)21/h1-8,16,19H,9H2,(H,15,18). The molecule has 0 bridgehead atoms. The number of rotatable bonds is 6. The van der Waals surface area contributed by atoms with Crippen molar-refractivity contribution in [3.8, 4) is 0 Å². The summed E-state index contributed by atoms with van der Waals surface area (Å²) in [6, 6.07) is 10.8. The highest BCUT2D eigenvalue weighted by atomic mass is 32.2. The van der Waals surface area contributed by atoms with Crippen molar-refractivity contribution in [3.63, 3.8) is 0 Å². The first-order valence-electron chi connectivity index (χ1n) is 6.61. The van der Waals surface area contributed by atoms with Gasteiger partial charge in [0.25, 0.3) is 15.7 Å². The molecule has 2 aromatic rings. The summed E-state index contributed by atoms with van der Waals surface area (Å²) >= 11 is 0. The predicted octanol–water partition coefficient (Wildman–Crippen LogP) is 1.44. The van der Waals surface area contributed by atoms with Crippen molar-refractivity contribution in [1.82, 2.24) is 5.48 Å². The Bertz CT molecular complexity index is 864. The van der Waals surface area contributed by atoms with Crippen molar-refractivity contribution in [1.29, 1.82) is 0 Å². The average molecular weight is 351 g/mol. The number of benzene rings is 2. The molecule has 0 aliphatic carbocycles. The van der Waals surface area contributed by atoms with Gasteiger partial charge in [-0.15, -0.1) is 0 Å². The second-order valence-electron chi connectivity index (χ2n) is 4.74. The van der Waals surface area contributed by atoms with E-state index in [9.17, 15) is 23.3 Å². The number of hydrogen-bond acceptors (Lipinski definition) is 6. The van der Waals surface area contributed by atoms with E-state index in [0.717, 1.165) is 12.1 Å². The lowest BCUT2D eigenvalue weighted by molar-refractivity contribution is -0.387. The van der Waals surface area contributed by atoms with E-state index in [4.69, 9.17) is 5.21 Å². The summed E-state index contributed by atoms with van der Waals surface area (Å²) in [6.07, 6.45) is -0.0757. The van der Waals surface area contributed by atoms with Crippen LogP contribution >= 0.6 is 0 Å². The van der Waals surface area contributed by atoms with Crippen molar-refractivity contribution < 1.29 is 23.3 Å². The number of nitro groups is 1. The van der Waals surface area contributed by atoms with Gasteiger partial charge in [-0.3, -0.25) is 24.8 Å². The zero-order chi connectivity index (χ0) is 17.7. The minimum atomic E-state index is -4.14. The normalized spacial score (nSPS) is 10.9. The lowest BCUT2D eigenvalue weighted by Crippen LogP contribution is -2.20. The molecule has 126 valence electrons. The summed E-state index contributed by atoms with van der Waals surface area (Å²) in [5.41, 5.74) is 1.70. The van der Waals surface area contributed by atoms with Crippen molar-refractivity contribution in [3.05, 3.63) is 64.2 Å². The molecule has 2 aromatic carbocycles. The Balaban J connectivity index is 2.24. The molecule has 0 aliphatic rings. The Labute approximate surface area is 137 Å². The molecule has 9 nitrogen and oxygen atoms in total. The molecular weight excluding hydrogens is 338 g/mol. The second kappa shape index (κ2) is 7.06. The van der Waals surface area contributed by atoms with Crippen LogP contribution in [0.4, 0.5) is 11.4 Å². The highest BCUT2D eigenvalue weighted by Gasteiger charge is 2.25. The van der Waals surface area contributed by atoms with Gasteiger partial charge in [-0.1, -0.05) is 24.3 Å². The van der Waals surface area contributed by atoms with Crippen LogP contribution in [0.15, 0.2) is 53.4 Å². The van der Waals surface area contributed by atoms with E-state index in [-0.39, 0.29) is 12.1 Å². The summed E-state index contributed by atoms with van der Waals surface area (Å²) in [5, 5.41) is 19.4. The average Bonchev–Trinajstić information content (AvgIpc) is 2.56. The highest BCUT2D eigenvalue weighted by Crippen LogP contribution is 2.25. The Morgan fingerprint density at radius 1 is 1.12 bits per heavy atom. The summed E-state index contributed by atoms with van der Waals surface area (Å²) < 4.78 is 26.9. The number of nitrogens with zero attached hydrogens (tertiary/aromatic N) is 1. The van der Waals surface area contributed by atoms with Gasteiger partial charge in [-0.05, 0) is 23.8 Å². The molecule has 0 radical (unpaired) electrons. The van der Waals surface area contributed by atoms with E-state index < -0.39 is 31.4 Å². The molecule has 0 aliphatic heterocycles. The molecule has 0 fully saturated rings. The lowest BCUT2D eigenvalue weighted by atomic mass is 10.1. The van der Waals surface area contributed by atoms with Crippen molar-refractivity contribution in [2.45, 2.75) is 11.3 Å². The molecule has 0 spiro atoms. The van der Waals surface area contributed by atoms with Gasteiger partial charge >= 0.3 is 0 Å². The van der Waals surface area contributed by atoms with Gasteiger partial charge in [0.15, 0.2) is 4.90 Å². The third kappa shape index (κ3) is 4.06. The Morgan fingerprint density at radius 3 is 2.33 bits per heavy atom. The number of para-hydroxylation sites is 1. The summed E-state index contributed by atoms with van der Waals surface area (Å²) in [7, 11) is -4.14. The molecule has 0 heterocycles. The number of hydroxylamine groups is 1. The molecule has 24 heavy (non-hydrogen) atoms. The molecule has 1 amide bonds. The molecule has 0 saturated carbocycles. The van der Waals surface area contributed by atoms with Crippen LogP contribution in [0.25, 0.3) is 0 Å². The van der Waals surface area contributed by atoms with E-state index in [1.807, 2.05) is 0 Å². The first-order valence-corrected chi connectivity index (χ1v) is 8.10. The third-order valence-electron chi connectivity index (χ3n) is 3.05. The van der Waals surface area contributed by atoms with E-state index in [0.29, 0.717) is 5.56 Å². The Kier molecular flexibility index (Phi) is 5.11. The maximum Gasteiger partial charge on any atom is 0.289 e. The highest BCUT2D eigenvalue weighted by molar-refractivity contribution is 7.92. The van der Waals surface area contributed by atoms with Gasteiger partial charge in [0, 0.05) is 11.8 Å². The van der Waals surface area contributed by atoms with Crippen LogP contribution in [0.2, 0.25) is 0 Å². The van der Waals surface area contributed by atoms with Gasteiger partial charge < -0.3 is 0 Å². The molecule has 3 N–H and O–H groups in total. The topological polar surface area (TPSA) is 139 Å². The van der Waals surface area contributed by atoms with Gasteiger partial charge in [-0.25, -0.2) is 13.9 Å². The third-order valence-corrected chi connectivity index (χ3v) is 4.48. The number of carbonyl (C=O) groups excluding carboxylic acids is 1. The number of carbonyl (C=O) groups is 1. The van der Waals surface area contributed by atoms with Crippen molar-refractivity contribution >= 4 is 27.3 Å². The largest absolute Gasteiger partial charge is 0.289 e. The molecule has 2 rings (SSSR count). The maximum atomic E-state index is 12.3. The van der Waals surface area contributed by atoms with Gasteiger partial charge in [0.2, 0.25) is 5.91 Å².